The topological polar surface area (TPSA) is 65.5 Å². The van der Waals surface area contributed by atoms with Crippen molar-refractivity contribution in [2.24, 2.45) is 5.41 Å². The zero-order valence-electron chi connectivity index (χ0n) is 16.4. The lowest BCUT2D eigenvalue weighted by Gasteiger charge is -2.48. The van der Waals surface area contributed by atoms with Crippen molar-refractivity contribution in [1.82, 2.24) is 15.2 Å². The van der Waals surface area contributed by atoms with Crippen molar-refractivity contribution in [3.05, 3.63) is 39.0 Å². The minimum absolute atomic E-state index is 0.00886. The average molecular weight is 408 g/mol. The molecule has 1 fully saturated rings. The number of thiazole rings is 1. The molecule has 1 aliphatic rings. The highest BCUT2D eigenvalue weighted by Gasteiger charge is 2.46. The molecule has 1 saturated heterocycles. The van der Waals surface area contributed by atoms with Crippen LogP contribution in [0.2, 0.25) is 0 Å². The van der Waals surface area contributed by atoms with Gasteiger partial charge in [0.2, 0.25) is 5.91 Å². The minimum atomic E-state index is -0.957. The third kappa shape index (κ3) is 5.16. The van der Waals surface area contributed by atoms with Gasteiger partial charge in [-0.15, -0.1) is 22.7 Å². The van der Waals surface area contributed by atoms with Gasteiger partial charge in [0.25, 0.3) is 0 Å². The number of amides is 1. The third-order valence-electron chi connectivity index (χ3n) is 4.95. The summed E-state index contributed by atoms with van der Waals surface area (Å²) in [5.74, 6) is -0.00886. The second-order valence-corrected chi connectivity index (χ2v) is 10.7. The summed E-state index contributed by atoms with van der Waals surface area (Å²) in [6.45, 7) is 9.49. The standard InChI is InChI=1S/C20H29N3O2S2/c1-19(2,3)12-15(24)22-18-17(14-6-5-10-26-14)23(9-7-20(18,4)25)13-16-21-8-11-27-16/h5-6,8,10-11,17-18,25H,7,9,12-13H2,1-4H3,(H,22,24). The van der Waals surface area contributed by atoms with Crippen molar-refractivity contribution >= 4 is 28.6 Å². The van der Waals surface area contributed by atoms with E-state index in [1.54, 1.807) is 22.7 Å². The Hall–Kier alpha value is -1.28. The zero-order chi connectivity index (χ0) is 19.7. The number of rotatable bonds is 5. The molecule has 2 aromatic rings. The molecule has 3 rings (SSSR count). The van der Waals surface area contributed by atoms with Gasteiger partial charge in [0.15, 0.2) is 0 Å². The van der Waals surface area contributed by atoms with Crippen LogP contribution in [0.3, 0.4) is 0 Å². The van der Waals surface area contributed by atoms with Gasteiger partial charge in [0.1, 0.15) is 5.01 Å². The number of thiophene rings is 1. The van der Waals surface area contributed by atoms with Gasteiger partial charge in [0, 0.05) is 29.4 Å². The zero-order valence-corrected chi connectivity index (χ0v) is 18.1. The van der Waals surface area contributed by atoms with Crippen LogP contribution in [0.5, 0.6) is 0 Å². The number of likely N-dealkylation sites (tertiary alicyclic amines) is 1. The molecule has 5 nitrogen and oxygen atoms in total. The maximum Gasteiger partial charge on any atom is 0.220 e. The lowest BCUT2D eigenvalue weighted by Crippen LogP contribution is -2.62. The van der Waals surface area contributed by atoms with Crippen molar-refractivity contribution in [2.75, 3.05) is 6.54 Å². The Balaban J connectivity index is 1.88. The number of aromatic nitrogens is 1. The molecule has 1 amide bonds. The molecule has 7 heteroatoms. The Morgan fingerprint density at radius 2 is 2.19 bits per heavy atom. The molecule has 0 aliphatic carbocycles. The highest BCUT2D eigenvalue weighted by molar-refractivity contribution is 7.10. The van der Waals surface area contributed by atoms with Gasteiger partial charge in [-0.1, -0.05) is 26.8 Å². The van der Waals surface area contributed by atoms with Crippen molar-refractivity contribution < 1.29 is 9.90 Å². The van der Waals surface area contributed by atoms with Crippen LogP contribution < -0.4 is 5.32 Å². The van der Waals surface area contributed by atoms with Gasteiger partial charge in [0.05, 0.1) is 24.2 Å². The van der Waals surface area contributed by atoms with Crippen LogP contribution in [0.25, 0.3) is 0 Å². The Bertz CT molecular complexity index is 736. The molecule has 0 bridgehead atoms. The highest BCUT2D eigenvalue weighted by atomic mass is 32.1. The summed E-state index contributed by atoms with van der Waals surface area (Å²) in [6, 6.07) is 3.69. The van der Waals surface area contributed by atoms with Crippen LogP contribution in [0.15, 0.2) is 29.1 Å². The van der Waals surface area contributed by atoms with Crippen LogP contribution >= 0.6 is 22.7 Å². The smallest absolute Gasteiger partial charge is 0.220 e. The van der Waals surface area contributed by atoms with E-state index in [0.717, 1.165) is 23.0 Å². The Labute approximate surface area is 169 Å². The molecule has 148 valence electrons. The number of aliphatic hydroxyl groups is 1. The van der Waals surface area contributed by atoms with Crippen molar-refractivity contribution in [1.29, 1.82) is 0 Å². The molecule has 0 spiro atoms. The van der Waals surface area contributed by atoms with Gasteiger partial charge >= 0.3 is 0 Å². The summed E-state index contributed by atoms with van der Waals surface area (Å²) >= 11 is 3.31. The Morgan fingerprint density at radius 3 is 2.78 bits per heavy atom. The third-order valence-corrected chi connectivity index (χ3v) is 6.66. The largest absolute Gasteiger partial charge is 0.388 e. The summed E-state index contributed by atoms with van der Waals surface area (Å²) in [4.78, 5) is 20.6. The average Bonchev–Trinajstić information content (AvgIpc) is 3.22. The molecule has 2 N–H and O–H groups in total. The molecule has 1 aliphatic heterocycles. The first-order valence-corrected chi connectivity index (χ1v) is 11.1. The van der Waals surface area contributed by atoms with Gasteiger partial charge in [-0.2, -0.15) is 0 Å². The minimum Gasteiger partial charge on any atom is -0.388 e. The first kappa shape index (κ1) is 20.5. The Kier molecular flexibility index (Phi) is 6.05. The molecule has 27 heavy (non-hydrogen) atoms. The number of hydrogen-bond donors (Lipinski definition) is 2. The number of nitrogens with one attached hydrogen (secondary N) is 1. The van der Waals surface area contributed by atoms with Gasteiger partial charge < -0.3 is 10.4 Å². The maximum absolute atomic E-state index is 12.7. The fourth-order valence-corrected chi connectivity index (χ4v) is 5.18. The quantitative estimate of drug-likeness (QED) is 0.791. The highest BCUT2D eigenvalue weighted by Crippen LogP contribution is 2.40. The lowest BCUT2D eigenvalue weighted by molar-refractivity contribution is -0.130. The number of hydrogen-bond acceptors (Lipinski definition) is 6. The number of piperidine rings is 1. The fourth-order valence-electron chi connectivity index (χ4n) is 3.64. The summed E-state index contributed by atoms with van der Waals surface area (Å²) < 4.78 is 0. The molecule has 3 heterocycles. The Morgan fingerprint density at radius 1 is 1.41 bits per heavy atom. The van der Waals surface area contributed by atoms with Crippen molar-refractivity contribution in [3.8, 4) is 0 Å². The normalized spacial score (nSPS) is 26.9. The number of carbonyl (C=O) groups excluding carboxylic acids is 1. The predicted molar refractivity (Wildman–Crippen MR) is 111 cm³/mol. The van der Waals surface area contributed by atoms with Crippen LogP contribution in [-0.4, -0.2) is 39.1 Å². The van der Waals surface area contributed by atoms with Crippen LogP contribution in [0, 0.1) is 5.41 Å². The predicted octanol–water partition coefficient (Wildman–Crippen LogP) is 3.82. The van der Waals surface area contributed by atoms with E-state index in [1.165, 1.54) is 0 Å². The summed E-state index contributed by atoms with van der Waals surface area (Å²) in [6.07, 6.45) is 2.87. The summed E-state index contributed by atoms with van der Waals surface area (Å²) in [5.41, 5.74) is -1.05. The van der Waals surface area contributed by atoms with Gasteiger partial charge in [-0.05, 0) is 30.2 Å². The fraction of sp³-hybridized carbons (Fsp3) is 0.600. The molecule has 0 radical (unpaired) electrons. The first-order valence-electron chi connectivity index (χ1n) is 9.33. The van der Waals surface area contributed by atoms with Crippen LogP contribution in [0.1, 0.15) is 56.5 Å². The monoisotopic (exact) mass is 407 g/mol. The SMILES string of the molecule is CC(C)(C)CC(=O)NC1C(c2cccs2)N(Cc2nccs2)CCC1(C)O. The van der Waals surface area contributed by atoms with E-state index >= 15 is 0 Å². The lowest BCUT2D eigenvalue weighted by atomic mass is 9.81. The molecule has 0 aromatic carbocycles. The second kappa shape index (κ2) is 7.99. The van der Waals surface area contributed by atoms with Crippen molar-refractivity contribution in [2.45, 2.75) is 64.8 Å². The summed E-state index contributed by atoms with van der Waals surface area (Å²) in [7, 11) is 0. The number of carbonyl (C=O) groups is 1. The summed E-state index contributed by atoms with van der Waals surface area (Å²) in [5, 5.41) is 19.4. The van der Waals surface area contributed by atoms with Gasteiger partial charge in [-0.25, -0.2) is 4.98 Å². The van der Waals surface area contributed by atoms with Crippen LogP contribution in [0.4, 0.5) is 0 Å². The van der Waals surface area contributed by atoms with E-state index in [1.807, 2.05) is 29.9 Å². The molecule has 0 saturated carbocycles. The molecule has 2 aromatic heterocycles. The molecule has 3 atom stereocenters. The van der Waals surface area contributed by atoms with E-state index in [2.05, 4.69) is 42.0 Å². The van der Waals surface area contributed by atoms with E-state index in [9.17, 15) is 9.90 Å². The molecule has 3 unspecified atom stereocenters. The van der Waals surface area contributed by atoms with Gasteiger partial charge in [-0.3, -0.25) is 9.69 Å². The van der Waals surface area contributed by atoms with E-state index in [4.69, 9.17) is 0 Å². The molecular weight excluding hydrogens is 378 g/mol. The number of nitrogens with zero attached hydrogens (tertiary/aromatic N) is 2. The van der Waals surface area contributed by atoms with E-state index in [0.29, 0.717) is 12.8 Å². The second-order valence-electron chi connectivity index (χ2n) is 8.75. The molecular formula is C20H29N3O2S2. The first-order chi connectivity index (χ1) is 12.7. The van der Waals surface area contributed by atoms with Crippen molar-refractivity contribution in [3.63, 3.8) is 0 Å². The maximum atomic E-state index is 12.7. The van der Waals surface area contributed by atoms with E-state index < -0.39 is 5.60 Å². The van der Waals surface area contributed by atoms with Crippen LogP contribution in [-0.2, 0) is 11.3 Å². The van der Waals surface area contributed by atoms with E-state index in [-0.39, 0.29) is 23.4 Å².